The van der Waals surface area contributed by atoms with Crippen LogP contribution in [-0.4, -0.2) is 29.8 Å². The number of aliphatic hydroxyl groups is 1. The van der Waals surface area contributed by atoms with Crippen LogP contribution >= 0.6 is 0 Å². The van der Waals surface area contributed by atoms with E-state index in [-0.39, 0.29) is 6.54 Å². The second-order valence-electron chi connectivity index (χ2n) is 1.83. The van der Waals surface area contributed by atoms with Crippen LogP contribution < -0.4 is 10.8 Å². The lowest BCUT2D eigenvalue weighted by molar-refractivity contribution is -0.309. The predicted octanol–water partition coefficient (Wildman–Crippen LogP) is -2.27. The van der Waals surface area contributed by atoms with Crippen molar-refractivity contribution in [3.05, 3.63) is 10.4 Å². The van der Waals surface area contributed by atoms with Crippen LogP contribution in [0.25, 0.3) is 10.4 Å². The largest absolute Gasteiger partial charge is 0.548 e. The van der Waals surface area contributed by atoms with Crippen LogP contribution in [0.4, 0.5) is 0 Å². The van der Waals surface area contributed by atoms with E-state index in [0.717, 1.165) is 0 Å². The van der Waals surface area contributed by atoms with Gasteiger partial charge in [0.05, 0.1) is 24.7 Å². The van der Waals surface area contributed by atoms with Gasteiger partial charge in [-0.25, -0.2) is 0 Å². The summed E-state index contributed by atoms with van der Waals surface area (Å²) in [6, 6.07) is -1.51. The number of nitrogens with two attached hydrogens (primary N) is 1. The molecule has 0 aliphatic carbocycles. The van der Waals surface area contributed by atoms with Crippen LogP contribution in [0.3, 0.4) is 0 Å². The number of nitrogens with zero attached hydrogens (tertiary/aromatic N) is 3. The van der Waals surface area contributed by atoms with E-state index in [1.54, 1.807) is 0 Å². The summed E-state index contributed by atoms with van der Waals surface area (Å²) >= 11 is 0. The molecule has 2 atom stereocenters. The molecule has 0 aromatic heterocycles. The van der Waals surface area contributed by atoms with E-state index in [0.29, 0.717) is 0 Å². The van der Waals surface area contributed by atoms with Crippen LogP contribution in [0.15, 0.2) is 5.11 Å². The van der Waals surface area contributed by atoms with Gasteiger partial charge in [0.15, 0.2) is 0 Å². The monoisotopic (exact) mass is 159 g/mol. The Morgan fingerprint density at radius 2 is 2.45 bits per heavy atom. The molecule has 0 amide bonds. The van der Waals surface area contributed by atoms with Gasteiger partial charge in [-0.05, 0) is 5.53 Å². The number of carboxylic acid groups (broad SMARTS) is 1. The summed E-state index contributed by atoms with van der Waals surface area (Å²) in [6.45, 7) is -0.369. The Kier molecular flexibility index (Phi) is 3.97. The molecule has 0 bridgehead atoms. The van der Waals surface area contributed by atoms with Crippen molar-refractivity contribution >= 4 is 5.97 Å². The van der Waals surface area contributed by atoms with Crippen molar-refractivity contribution in [3.8, 4) is 0 Å². The van der Waals surface area contributed by atoms with E-state index >= 15 is 0 Å². The van der Waals surface area contributed by atoms with Crippen LogP contribution in [-0.2, 0) is 4.79 Å². The molecule has 0 aliphatic heterocycles. The maximum absolute atomic E-state index is 9.97. The van der Waals surface area contributed by atoms with Gasteiger partial charge >= 0.3 is 0 Å². The van der Waals surface area contributed by atoms with Crippen LogP contribution in [0.5, 0.6) is 0 Å². The lowest BCUT2D eigenvalue weighted by Crippen LogP contribution is -2.50. The van der Waals surface area contributed by atoms with E-state index in [1.807, 2.05) is 0 Å². The van der Waals surface area contributed by atoms with Gasteiger partial charge in [0.1, 0.15) is 0 Å². The summed E-state index contributed by atoms with van der Waals surface area (Å²) < 4.78 is 0. The normalized spacial score (nSPS) is 14.7. The van der Waals surface area contributed by atoms with Gasteiger partial charge in [-0.3, -0.25) is 0 Å². The zero-order valence-electron chi connectivity index (χ0n) is 5.54. The fraction of sp³-hybridized carbons (Fsp3) is 0.750. The molecular formula is C4H7N4O3-. The van der Waals surface area contributed by atoms with Gasteiger partial charge in [0, 0.05) is 4.91 Å². The van der Waals surface area contributed by atoms with Crippen LogP contribution in [0, 0.1) is 0 Å². The van der Waals surface area contributed by atoms with E-state index in [1.165, 1.54) is 0 Å². The van der Waals surface area contributed by atoms with Gasteiger partial charge < -0.3 is 20.7 Å². The fourth-order valence-electron chi connectivity index (χ4n) is 0.391. The third-order valence-corrected chi connectivity index (χ3v) is 1.02. The highest BCUT2D eigenvalue weighted by molar-refractivity contribution is 5.71. The maximum Gasteiger partial charge on any atom is 0.0801 e. The third-order valence-electron chi connectivity index (χ3n) is 1.02. The van der Waals surface area contributed by atoms with E-state index in [4.69, 9.17) is 16.4 Å². The van der Waals surface area contributed by atoms with E-state index in [9.17, 15) is 9.90 Å². The molecule has 0 aromatic carbocycles. The van der Waals surface area contributed by atoms with E-state index in [2.05, 4.69) is 10.0 Å². The SMILES string of the molecule is [N-]=[N+]=NC[C@@H](O)[C@@H](N)C(=O)[O-]. The van der Waals surface area contributed by atoms with Crippen LogP contribution in [0.2, 0.25) is 0 Å². The molecule has 3 N–H and O–H groups in total. The Hall–Kier alpha value is -1.30. The molecular weight excluding hydrogens is 152 g/mol. The lowest BCUT2D eigenvalue weighted by Gasteiger charge is -2.16. The second-order valence-corrected chi connectivity index (χ2v) is 1.83. The molecule has 0 saturated heterocycles. The topological polar surface area (TPSA) is 135 Å². The molecule has 0 aliphatic rings. The van der Waals surface area contributed by atoms with Crippen molar-refractivity contribution in [1.82, 2.24) is 0 Å². The first-order valence-corrected chi connectivity index (χ1v) is 2.75. The summed E-state index contributed by atoms with van der Waals surface area (Å²) in [6.07, 6.45) is -1.39. The molecule has 0 heterocycles. The quantitative estimate of drug-likeness (QED) is 0.271. The molecule has 7 nitrogen and oxygen atoms in total. The predicted molar refractivity (Wildman–Crippen MR) is 33.0 cm³/mol. The number of hydrogen-bond acceptors (Lipinski definition) is 5. The molecule has 0 radical (unpaired) electrons. The highest BCUT2D eigenvalue weighted by atomic mass is 16.4. The highest BCUT2D eigenvalue weighted by Gasteiger charge is 2.13. The zero-order chi connectivity index (χ0) is 8.85. The van der Waals surface area contributed by atoms with Crippen molar-refractivity contribution in [2.24, 2.45) is 10.8 Å². The number of aliphatic carboxylic acids is 1. The minimum atomic E-state index is -1.58. The molecule has 0 unspecified atom stereocenters. The summed E-state index contributed by atoms with van der Waals surface area (Å²) in [5.74, 6) is -1.58. The minimum Gasteiger partial charge on any atom is -0.548 e. The number of aliphatic hydroxyl groups excluding tert-OH is 1. The summed E-state index contributed by atoms with van der Waals surface area (Å²) in [7, 11) is 0. The number of carbonyl (C=O) groups is 1. The van der Waals surface area contributed by atoms with Crippen molar-refractivity contribution in [2.45, 2.75) is 12.1 Å². The summed E-state index contributed by atoms with van der Waals surface area (Å²) in [5, 5.41) is 21.7. The first kappa shape index (κ1) is 9.70. The molecule has 0 saturated carbocycles. The van der Waals surface area contributed by atoms with E-state index < -0.39 is 18.1 Å². The van der Waals surface area contributed by atoms with Crippen LogP contribution in [0.1, 0.15) is 0 Å². The fourth-order valence-corrected chi connectivity index (χ4v) is 0.391. The Morgan fingerprint density at radius 3 is 2.82 bits per heavy atom. The zero-order valence-corrected chi connectivity index (χ0v) is 5.54. The lowest BCUT2D eigenvalue weighted by atomic mass is 10.2. The Morgan fingerprint density at radius 1 is 1.91 bits per heavy atom. The average molecular weight is 159 g/mol. The minimum absolute atomic E-state index is 0.369. The third kappa shape index (κ3) is 3.41. The molecule has 11 heavy (non-hydrogen) atoms. The molecule has 0 fully saturated rings. The smallest absolute Gasteiger partial charge is 0.0801 e. The van der Waals surface area contributed by atoms with Gasteiger partial charge in [-0.1, -0.05) is 5.11 Å². The second kappa shape index (κ2) is 4.51. The molecule has 0 aromatic rings. The number of azide groups is 1. The first-order valence-electron chi connectivity index (χ1n) is 2.75. The molecule has 62 valence electrons. The van der Waals surface area contributed by atoms with Gasteiger partial charge in [0.2, 0.25) is 0 Å². The van der Waals surface area contributed by atoms with Crippen molar-refractivity contribution < 1.29 is 15.0 Å². The number of carbonyl (C=O) groups excluding carboxylic acids is 1. The van der Waals surface area contributed by atoms with Gasteiger partial charge in [-0.2, -0.15) is 0 Å². The Bertz CT molecular complexity index is 188. The number of hydrogen-bond donors (Lipinski definition) is 2. The Labute approximate surface area is 62.1 Å². The van der Waals surface area contributed by atoms with Gasteiger partial charge in [-0.15, -0.1) is 0 Å². The van der Waals surface area contributed by atoms with Crippen molar-refractivity contribution in [1.29, 1.82) is 0 Å². The summed E-state index contributed by atoms with van der Waals surface area (Å²) in [5.41, 5.74) is 12.7. The molecule has 0 rings (SSSR count). The number of carboxylic acids is 1. The van der Waals surface area contributed by atoms with Crippen molar-refractivity contribution in [2.75, 3.05) is 6.54 Å². The average Bonchev–Trinajstić information content (AvgIpc) is 1.98. The van der Waals surface area contributed by atoms with Crippen molar-refractivity contribution in [3.63, 3.8) is 0 Å². The maximum atomic E-state index is 9.97. The van der Waals surface area contributed by atoms with Gasteiger partial charge in [0.25, 0.3) is 0 Å². The standard InChI is InChI=1S/C4H8N4O3/c5-3(4(10)11)2(9)1-7-8-6/h2-3,9H,1,5H2,(H,10,11)/p-1/t2-,3-/m1/s1. The number of rotatable bonds is 4. The molecule has 0 spiro atoms. The Balaban J connectivity index is 3.91. The first-order chi connectivity index (χ1) is 5.09. The summed E-state index contributed by atoms with van der Waals surface area (Å²) in [4.78, 5) is 12.3. The molecule has 7 heteroatoms. The highest BCUT2D eigenvalue weighted by Crippen LogP contribution is 1.89.